The monoisotopic (exact) mass is 432 g/mol. The molecule has 1 aliphatic carbocycles. The lowest BCUT2D eigenvalue weighted by atomic mass is 9.95. The van der Waals surface area contributed by atoms with Crippen LogP contribution in [0, 0.1) is 0 Å². The van der Waals surface area contributed by atoms with Crippen molar-refractivity contribution in [2.24, 2.45) is 0 Å². The second-order valence-electron chi connectivity index (χ2n) is 6.61. The predicted octanol–water partition coefficient (Wildman–Crippen LogP) is 6.93. The average Bonchev–Trinajstić information content (AvgIpc) is 3.42. The summed E-state index contributed by atoms with van der Waals surface area (Å²) < 4.78 is 4.41. The molecule has 0 atom stereocenters. The molecule has 4 aromatic rings. The lowest BCUT2D eigenvalue weighted by Gasteiger charge is -2.25. The summed E-state index contributed by atoms with van der Waals surface area (Å²) in [5.41, 5.74) is 0.869. The molecule has 1 fully saturated rings. The van der Waals surface area contributed by atoms with Crippen molar-refractivity contribution in [1.29, 1.82) is 0 Å². The van der Waals surface area contributed by atoms with E-state index >= 15 is 0 Å². The Morgan fingerprint density at radius 1 is 1.07 bits per heavy atom. The fourth-order valence-corrected chi connectivity index (χ4v) is 6.68. The van der Waals surface area contributed by atoms with E-state index in [1.54, 1.807) is 34.4 Å². The van der Waals surface area contributed by atoms with Crippen molar-refractivity contribution in [3.63, 3.8) is 0 Å². The molecular weight excluding hydrogens is 416 g/mol. The summed E-state index contributed by atoms with van der Waals surface area (Å²) in [7, 11) is 0. The highest BCUT2D eigenvalue weighted by Gasteiger charge is 2.25. The molecule has 1 aliphatic rings. The minimum atomic E-state index is 0.464. The Labute approximate surface area is 174 Å². The second kappa shape index (κ2) is 7.54. The Balaban J connectivity index is 1.55. The molecule has 0 saturated heterocycles. The number of aromatic nitrogens is 4. The van der Waals surface area contributed by atoms with E-state index in [2.05, 4.69) is 38.3 Å². The molecule has 138 valence electrons. The number of rotatable bonds is 4. The van der Waals surface area contributed by atoms with E-state index in [0.29, 0.717) is 11.1 Å². The van der Waals surface area contributed by atoms with Crippen LogP contribution in [-0.2, 0) is 0 Å². The van der Waals surface area contributed by atoms with Crippen LogP contribution in [0.3, 0.4) is 0 Å². The molecule has 5 rings (SSSR count). The van der Waals surface area contributed by atoms with Crippen molar-refractivity contribution in [1.82, 2.24) is 19.7 Å². The third-order valence-corrected chi connectivity index (χ3v) is 8.09. The zero-order valence-corrected chi connectivity index (χ0v) is 17.7. The van der Waals surface area contributed by atoms with Gasteiger partial charge in [-0.3, -0.25) is 4.57 Å². The number of benzene rings is 1. The Morgan fingerprint density at radius 2 is 1.96 bits per heavy atom. The first-order valence-electron chi connectivity index (χ1n) is 9.01. The number of halogens is 1. The van der Waals surface area contributed by atoms with Crippen LogP contribution in [0.2, 0.25) is 5.02 Å². The summed E-state index contributed by atoms with van der Waals surface area (Å²) in [5.74, 6) is 0.985. The largest absolute Gasteiger partial charge is 0.298 e. The van der Waals surface area contributed by atoms with Crippen molar-refractivity contribution in [3.8, 4) is 10.7 Å². The molecule has 4 nitrogen and oxygen atoms in total. The van der Waals surface area contributed by atoms with E-state index in [9.17, 15) is 0 Å². The van der Waals surface area contributed by atoms with Gasteiger partial charge in [-0.2, -0.15) is 0 Å². The Hall–Kier alpha value is -1.41. The van der Waals surface area contributed by atoms with Crippen LogP contribution in [0.4, 0.5) is 0 Å². The van der Waals surface area contributed by atoms with Crippen molar-refractivity contribution in [2.45, 2.75) is 47.6 Å². The average molecular weight is 433 g/mol. The van der Waals surface area contributed by atoms with E-state index < -0.39 is 0 Å². The van der Waals surface area contributed by atoms with E-state index in [1.165, 1.54) is 37.0 Å². The molecule has 0 amide bonds. The molecule has 3 heterocycles. The Kier molecular flexibility index (Phi) is 4.94. The van der Waals surface area contributed by atoms with Crippen molar-refractivity contribution >= 4 is 56.3 Å². The predicted molar refractivity (Wildman–Crippen MR) is 114 cm³/mol. The molecule has 0 spiro atoms. The van der Waals surface area contributed by atoms with Gasteiger partial charge in [-0.1, -0.05) is 43.0 Å². The van der Waals surface area contributed by atoms with Gasteiger partial charge in [-0.05, 0) is 48.2 Å². The van der Waals surface area contributed by atoms with E-state index in [4.69, 9.17) is 16.6 Å². The number of hydrogen-bond donors (Lipinski definition) is 0. The molecule has 1 aromatic carbocycles. The highest BCUT2D eigenvalue weighted by atomic mass is 35.5. The number of fused-ring (bicyclic) bond motifs is 1. The standard InChI is InChI=1S/C19H17ClN4S3/c20-13-8-4-9-14-16(13)21-19(26-14)27-18-23-22-17(15-10-5-11-25-15)24(18)12-6-2-1-3-7-12/h4-5,8-12H,1-3,6-7H2. The third kappa shape index (κ3) is 3.42. The minimum absolute atomic E-state index is 0.464. The smallest absolute Gasteiger partial charge is 0.198 e. The van der Waals surface area contributed by atoms with Crippen LogP contribution in [0.5, 0.6) is 0 Å². The molecule has 0 radical (unpaired) electrons. The number of nitrogens with zero attached hydrogens (tertiary/aromatic N) is 4. The molecule has 27 heavy (non-hydrogen) atoms. The first-order valence-corrected chi connectivity index (χ1v) is 11.9. The zero-order chi connectivity index (χ0) is 18.2. The molecule has 1 saturated carbocycles. The van der Waals surface area contributed by atoms with Gasteiger partial charge in [-0.15, -0.1) is 32.9 Å². The summed E-state index contributed by atoms with van der Waals surface area (Å²) in [6, 6.07) is 10.6. The summed E-state index contributed by atoms with van der Waals surface area (Å²) in [6.45, 7) is 0. The van der Waals surface area contributed by atoms with E-state index in [0.717, 1.165) is 25.5 Å². The van der Waals surface area contributed by atoms with Crippen molar-refractivity contribution < 1.29 is 0 Å². The Morgan fingerprint density at radius 3 is 2.74 bits per heavy atom. The van der Waals surface area contributed by atoms with Crippen LogP contribution < -0.4 is 0 Å². The lowest BCUT2D eigenvalue weighted by molar-refractivity contribution is 0.339. The normalized spacial score (nSPS) is 15.6. The third-order valence-electron chi connectivity index (χ3n) is 4.87. The fourth-order valence-electron chi connectivity index (χ4n) is 3.61. The van der Waals surface area contributed by atoms with Gasteiger partial charge < -0.3 is 0 Å². The minimum Gasteiger partial charge on any atom is -0.298 e. The van der Waals surface area contributed by atoms with Gasteiger partial charge in [0.25, 0.3) is 0 Å². The molecular formula is C19H17ClN4S3. The summed E-state index contributed by atoms with van der Waals surface area (Å²) in [4.78, 5) is 5.91. The molecule has 0 bridgehead atoms. The van der Waals surface area contributed by atoms with Gasteiger partial charge in [-0.25, -0.2) is 4.98 Å². The van der Waals surface area contributed by atoms with Crippen LogP contribution in [-0.4, -0.2) is 19.7 Å². The van der Waals surface area contributed by atoms with Crippen molar-refractivity contribution in [3.05, 3.63) is 40.7 Å². The maximum Gasteiger partial charge on any atom is 0.198 e. The summed E-state index contributed by atoms with van der Waals surface area (Å²) >= 11 is 11.3. The Bertz CT molecular complexity index is 1060. The van der Waals surface area contributed by atoms with Crippen molar-refractivity contribution in [2.75, 3.05) is 0 Å². The van der Waals surface area contributed by atoms with E-state index in [1.807, 2.05) is 12.1 Å². The molecule has 0 unspecified atom stereocenters. The molecule has 0 N–H and O–H groups in total. The second-order valence-corrected chi connectivity index (χ2v) is 10.2. The highest BCUT2D eigenvalue weighted by Crippen LogP contribution is 2.41. The SMILES string of the molecule is Clc1cccc2sc(Sc3nnc(-c4cccs4)n3C3CCCCC3)nc12. The number of hydrogen-bond acceptors (Lipinski definition) is 6. The van der Waals surface area contributed by atoms with Crippen LogP contribution in [0.15, 0.2) is 45.2 Å². The summed E-state index contributed by atoms with van der Waals surface area (Å²) in [6.07, 6.45) is 6.25. The van der Waals surface area contributed by atoms with Gasteiger partial charge in [0.05, 0.1) is 14.6 Å². The van der Waals surface area contributed by atoms with Crippen LogP contribution in [0.1, 0.15) is 38.1 Å². The topological polar surface area (TPSA) is 43.6 Å². The first kappa shape index (κ1) is 17.7. The van der Waals surface area contributed by atoms with Gasteiger partial charge in [0, 0.05) is 6.04 Å². The highest BCUT2D eigenvalue weighted by molar-refractivity contribution is 8.01. The maximum atomic E-state index is 6.30. The number of thiophene rings is 1. The van der Waals surface area contributed by atoms with Crippen LogP contribution in [0.25, 0.3) is 20.9 Å². The number of thiazole rings is 1. The van der Waals surface area contributed by atoms with Crippen LogP contribution >= 0.6 is 46.0 Å². The molecule has 0 aliphatic heterocycles. The number of para-hydroxylation sites is 1. The van der Waals surface area contributed by atoms with Gasteiger partial charge >= 0.3 is 0 Å². The van der Waals surface area contributed by atoms with E-state index in [-0.39, 0.29) is 0 Å². The molecule has 8 heteroatoms. The summed E-state index contributed by atoms with van der Waals surface area (Å²) in [5, 5.41) is 12.8. The lowest BCUT2D eigenvalue weighted by Crippen LogP contribution is -2.14. The zero-order valence-electron chi connectivity index (χ0n) is 14.5. The maximum absolute atomic E-state index is 6.30. The first-order chi connectivity index (χ1) is 13.3. The quantitative estimate of drug-likeness (QED) is 0.350. The fraction of sp³-hybridized carbons (Fsp3) is 0.316. The van der Waals surface area contributed by atoms with Gasteiger partial charge in [0.1, 0.15) is 5.52 Å². The van der Waals surface area contributed by atoms with Gasteiger partial charge in [0.2, 0.25) is 0 Å². The van der Waals surface area contributed by atoms with Gasteiger partial charge in [0.15, 0.2) is 15.3 Å². The molecule has 3 aromatic heterocycles.